The summed E-state index contributed by atoms with van der Waals surface area (Å²) in [6, 6.07) is 13.7. The maximum Gasteiger partial charge on any atom is 0.271 e. The number of anilines is 1. The minimum Gasteiger partial charge on any atom is -0.325 e. The fraction of sp³-hybridized carbons (Fsp3) is 0.167. The molecule has 0 fully saturated rings. The Bertz CT molecular complexity index is 988. The molecule has 0 saturated carbocycles. The van der Waals surface area contributed by atoms with Crippen molar-refractivity contribution in [3.63, 3.8) is 0 Å². The first-order valence-electron chi connectivity index (χ1n) is 8.13. The number of nitrogens with zero attached hydrogens (tertiary/aromatic N) is 4. The molecule has 0 radical (unpaired) electrons. The number of aryl methyl sites for hydroxylation is 1. The number of thioether (sulfide) groups is 1. The Kier molecular flexibility index (Phi) is 5.51. The summed E-state index contributed by atoms with van der Waals surface area (Å²) < 4.78 is 1.83. The highest BCUT2D eigenvalue weighted by Crippen LogP contribution is 2.26. The number of aromatic nitrogens is 3. The number of hydrogen-bond acceptors (Lipinski definition) is 6. The second-order valence-electron chi connectivity index (χ2n) is 5.83. The van der Waals surface area contributed by atoms with Crippen LogP contribution in [-0.4, -0.2) is 30.8 Å². The van der Waals surface area contributed by atoms with Crippen LogP contribution in [0.4, 0.5) is 11.4 Å². The predicted octanol–water partition coefficient (Wildman–Crippen LogP) is 3.60. The van der Waals surface area contributed by atoms with Crippen molar-refractivity contribution in [3.8, 4) is 5.69 Å². The molecule has 138 valence electrons. The predicted molar refractivity (Wildman–Crippen MR) is 103 cm³/mol. The molecular formula is C18H17N5O3S. The van der Waals surface area contributed by atoms with Crippen molar-refractivity contribution in [3.05, 3.63) is 70.5 Å². The molecule has 0 spiro atoms. The summed E-state index contributed by atoms with van der Waals surface area (Å²) in [5.74, 6) is -0.278. The number of non-ortho nitro benzene ring substituents is 1. The molecule has 3 aromatic rings. The van der Waals surface area contributed by atoms with Crippen LogP contribution < -0.4 is 5.32 Å². The molecular weight excluding hydrogens is 366 g/mol. The summed E-state index contributed by atoms with van der Waals surface area (Å²) in [4.78, 5) is 22.8. The van der Waals surface area contributed by atoms with Gasteiger partial charge in [-0.15, -0.1) is 10.2 Å². The summed E-state index contributed by atoms with van der Waals surface area (Å²) >= 11 is 1.26. The first-order chi connectivity index (χ1) is 13.0. The van der Waals surface area contributed by atoms with Crippen LogP contribution in [0, 0.1) is 17.0 Å². The number of benzene rings is 2. The van der Waals surface area contributed by atoms with Crippen molar-refractivity contribution >= 4 is 29.0 Å². The molecule has 0 bridgehead atoms. The van der Waals surface area contributed by atoms with Gasteiger partial charge in [0.2, 0.25) is 5.91 Å². The molecule has 1 heterocycles. The van der Waals surface area contributed by atoms with Gasteiger partial charge in [0.15, 0.2) is 5.16 Å². The molecule has 1 N–H and O–H groups in total. The van der Waals surface area contributed by atoms with E-state index in [-0.39, 0.29) is 11.6 Å². The Hall–Kier alpha value is -3.20. The lowest BCUT2D eigenvalue weighted by atomic mass is 10.2. The number of para-hydroxylation sites is 1. The van der Waals surface area contributed by atoms with Crippen LogP contribution in [0.5, 0.6) is 0 Å². The van der Waals surface area contributed by atoms with Crippen molar-refractivity contribution in [2.24, 2.45) is 0 Å². The Morgan fingerprint density at radius 3 is 2.78 bits per heavy atom. The topological polar surface area (TPSA) is 103 Å². The first kappa shape index (κ1) is 18.6. The van der Waals surface area contributed by atoms with Gasteiger partial charge in [-0.05, 0) is 31.5 Å². The van der Waals surface area contributed by atoms with Crippen molar-refractivity contribution in [1.29, 1.82) is 0 Å². The van der Waals surface area contributed by atoms with Gasteiger partial charge >= 0.3 is 0 Å². The molecule has 9 heteroatoms. The summed E-state index contributed by atoms with van der Waals surface area (Å²) in [5.41, 5.74) is 2.30. The van der Waals surface area contributed by atoms with E-state index in [2.05, 4.69) is 15.5 Å². The van der Waals surface area contributed by atoms with Gasteiger partial charge in [-0.2, -0.15) is 0 Å². The van der Waals surface area contributed by atoms with E-state index in [1.165, 1.54) is 30.0 Å². The minimum absolute atomic E-state index is 0.0765. The highest BCUT2D eigenvalue weighted by molar-refractivity contribution is 8.00. The van der Waals surface area contributed by atoms with E-state index in [9.17, 15) is 14.9 Å². The van der Waals surface area contributed by atoms with Crippen LogP contribution in [0.15, 0.2) is 60.0 Å². The molecule has 8 nitrogen and oxygen atoms in total. The molecule has 3 rings (SSSR count). The number of nitro groups is 1. The molecule has 0 aliphatic heterocycles. The van der Waals surface area contributed by atoms with E-state index in [0.29, 0.717) is 10.8 Å². The third kappa shape index (κ3) is 4.32. The van der Waals surface area contributed by atoms with Gasteiger partial charge in [0, 0.05) is 17.8 Å². The second kappa shape index (κ2) is 8.00. The number of nitro benzene ring substituents is 1. The number of carbonyl (C=O) groups excluding carboxylic acids is 1. The lowest BCUT2D eigenvalue weighted by molar-refractivity contribution is -0.384. The summed E-state index contributed by atoms with van der Waals surface area (Å²) in [5, 5.41) is 21.7. The minimum atomic E-state index is -0.501. The van der Waals surface area contributed by atoms with Crippen LogP contribution in [0.25, 0.3) is 5.69 Å². The van der Waals surface area contributed by atoms with E-state index < -0.39 is 10.2 Å². The van der Waals surface area contributed by atoms with E-state index in [1.807, 2.05) is 35.8 Å². The molecule has 1 amide bonds. The zero-order chi connectivity index (χ0) is 19.4. The van der Waals surface area contributed by atoms with E-state index in [4.69, 9.17) is 0 Å². The highest BCUT2D eigenvalue weighted by atomic mass is 32.2. The van der Waals surface area contributed by atoms with E-state index >= 15 is 0 Å². The number of carbonyl (C=O) groups is 1. The number of nitrogens with one attached hydrogen (secondary N) is 1. The van der Waals surface area contributed by atoms with Crippen LogP contribution in [0.3, 0.4) is 0 Å². The second-order valence-corrected chi connectivity index (χ2v) is 7.13. The first-order valence-corrected chi connectivity index (χ1v) is 9.01. The fourth-order valence-corrected chi connectivity index (χ4v) is 3.29. The van der Waals surface area contributed by atoms with Gasteiger partial charge < -0.3 is 5.32 Å². The Morgan fingerprint density at radius 1 is 1.26 bits per heavy atom. The van der Waals surface area contributed by atoms with Gasteiger partial charge in [-0.25, -0.2) is 0 Å². The average molecular weight is 383 g/mol. The maximum atomic E-state index is 12.5. The molecule has 0 aliphatic rings. The lowest BCUT2D eigenvalue weighted by Gasteiger charge is -2.13. The standard InChI is InChI=1S/C18H17N5O3S/c1-12-6-3-4-9-16(12)22-11-19-21-18(22)27-13(2)17(24)20-14-7-5-8-15(10-14)23(25)26/h3-11,13H,1-2H3,(H,20,24). The average Bonchev–Trinajstić information content (AvgIpc) is 3.10. The molecule has 27 heavy (non-hydrogen) atoms. The fourth-order valence-electron chi connectivity index (χ4n) is 2.46. The molecule has 1 atom stereocenters. The monoisotopic (exact) mass is 383 g/mol. The van der Waals surface area contributed by atoms with Gasteiger partial charge in [-0.3, -0.25) is 19.5 Å². The quantitative estimate of drug-likeness (QED) is 0.396. The van der Waals surface area contributed by atoms with Crippen LogP contribution in [0.1, 0.15) is 12.5 Å². The largest absolute Gasteiger partial charge is 0.325 e. The van der Waals surface area contributed by atoms with Crippen molar-refractivity contribution in [2.75, 3.05) is 5.32 Å². The third-order valence-corrected chi connectivity index (χ3v) is 4.92. The zero-order valence-corrected chi connectivity index (χ0v) is 15.5. The Labute approximate surface area is 159 Å². The van der Waals surface area contributed by atoms with Gasteiger partial charge in [-0.1, -0.05) is 36.0 Å². The molecule has 1 unspecified atom stereocenters. The molecule has 0 saturated heterocycles. The van der Waals surface area contributed by atoms with Crippen LogP contribution >= 0.6 is 11.8 Å². The van der Waals surface area contributed by atoms with Crippen LogP contribution in [0.2, 0.25) is 0 Å². The molecule has 1 aromatic heterocycles. The Balaban J connectivity index is 1.73. The normalized spacial score (nSPS) is 11.8. The third-order valence-electron chi connectivity index (χ3n) is 3.87. The zero-order valence-electron chi connectivity index (χ0n) is 14.7. The Morgan fingerprint density at radius 2 is 2.04 bits per heavy atom. The SMILES string of the molecule is Cc1ccccc1-n1cnnc1SC(C)C(=O)Nc1cccc([N+](=O)[O-])c1. The van der Waals surface area contributed by atoms with Crippen molar-refractivity contribution in [1.82, 2.24) is 14.8 Å². The van der Waals surface area contributed by atoms with Gasteiger partial charge in [0.25, 0.3) is 5.69 Å². The van der Waals surface area contributed by atoms with Crippen LogP contribution in [-0.2, 0) is 4.79 Å². The van der Waals surface area contributed by atoms with Crippen molar-refractivity contribution < 1.29 is 9.72 Å². The number of rotatable bonds is 6. The van der Waals surface area contributed by atoms with Gasteiger partial charge in [0.05, 0.1) is 15.9 Å². The molecule has 2 aromatic carbocycles. The van der Waals surface area contributed by atoms with Gasteiger partial charge in [0.1, 0.15) is 6.33 Å². The number of amides is 1. The number of hydrogen-bond donors (Lipinski definition) is 1. The highest BCUT2D eigenvalue weighted by Gasteiger charge is 2.19. The smallest absolute Gasteiger partial charge is 0.271 e. The lowest BCUT2D eigenvalue weighted by Crippen LogP contribution is -2.22. The summed E-state index contributed by atoms with van der Waals surface area (Å²) in [6.45, 7) is 3.73. The van der Waals surface area contributed by atoms with E-state index in [1.54, 1.807) is 19.3 Å². The summed E-state index contributed by atoms with van der Waals surface area (Å²) in [6.07, 6.45) is 1.61. The van der Waals surface area contributed by atoms with E-state index in [0.717, 1.165) is 11.3 Å². The van der Waals surface area contributed by atoms with Crippen molar-refractivity contribution in [2.45, 2.75) is 24.3 Å². The maximum absolute atomic E-state index is 12.5. The molecule has 0 aliphatic carbocycles. The summed E-state index contributed by atoms with van der Waals surface area (Å²) in [7, 11) is 0.